The van der Waals surface area contributed by atoms with Gasteiger partial charge in [-0.3, -0.25) is 4.79 Å². The Labute approximate surface area is 181 Å². The van der Waals surface area contributed by atoms with E-state index in [1.165, 1.54) is 5.56 Å². The van der Waals surface area contributed by atoms with Crippen molar-refractivity contribution in [3.8, 4) is 0 Å². The molecule has 2 heterocycles. The molecule has 6 nitrogen and oxygen atoms in total. The van der Waals surface area contributed by atoms with Gasteiger partial charge >= 0.3 is 0 Å². The van der Waals surface area contributed by atoms with Gasteiger partial charge in [-0.2, -0.15) is 0 Å². The second-order valence-electron chi connectivity index (χ2n) is 7.78. The molecule has 1 aliphatic heterocycles. The fraction of sp³-hybridized carbons (Fsp3) is 0.348. The van der Waals surface area contributed by atoms with Gasteiger partial charge in [0.2, 0.25) is 0 Å². The normalized spacial score (nSPS) is 16.1. The highest BCUT2D eigenvalue weighted by molar-refractivity contribution is 7.98. The van der Waals surface area contributed by atoms with Crippen LogP contribution in [0.2, 0.25) is 0 Å². The van der Waals surface area contributed by atoms with E-state index in [1.807, 2.05) is 78.0 Å². The van der Waals surface area contributed by atoms with Crippen molar-refractivity contribution in [2.24, 2.45) is 7.05 Å². The molecule has 7 heteroatoms. The Morgan fingerprint density at radius 1 is 1.13 bits per heavy atom. The van der Waals surface area contributed by atoms with E-state index in [4.69, 9.17) is 0 Å². The monoisotopic (exact) mass is 421 g/mol. The Bertz CT molecular complexity index is 1020. The van der Waals surface area contributed by atoms with Crippen LogP contribution in [-0.4, -0.2) is 46.2 Å². The molecule has 1 unspecified atom stereocenters. The van der Waals surface area contributed by atoms with Gasteiger partial charge in [0.25, 0.3) is 5.91 Å². The molecule has 0 saturated carbocycles. The number of likely N-dealkylation sites (tertiary alicyclic amines) is 1. The predicted molar refractivity (Wildman–Crippen MR) is 121 cm³/mol. The minimum atomic E-state index is -0.0379. The van der Waals surface area contributed by atoms with Gasteiger partial charge < -0.3 is 14.4 Å². The van der Waals surface area contributed by atoms with Crippen molar-refractivity contribution in [1.82, 2.24) is 19.7 Å². The Balaban J connectivity index is 1.51. The second kappa shape index (κ2) is 8.92. The molecule has 1 saturated heterocycles. The zero-order valence-corrected chi connectivity index (χ0v) is 18.5. The average molecular weight is 422 g/mol. The van der Waals surface area contributed by atoms with Crippen LogP contribution in [0.4, 0.5) is 5.69 Å². The quantitative estimate of drug-likeness (QED) is 0.560. The van der Waals surface area contributed by atoms with Gasteiger partial charge in [0, 0.05) is 44.7 Å². The number of aromatic nitrogens is 3. The highest BCUT2D eigenvalue weighted by atomic mass is 32.2. The Hall–Kier alpha value is -2.80. The van der Waals surface area contributed by atoms with Crippen molar-refractivity contribution in [3.63, 3.8) is 0 Å². The molecule has 156 valence electrons. The molecule has 3 aromatic rings. The third-order valence-electron chi connectivity index (χ3n) is 5.50. The molecule has 0 radical (unpaired) electrons. The first kappa shape index (κ1) is 20.5. The van der Waals surface area contributed by atoms with Gasteiger partial charge in [0.05, 0.1) is 6.04 Å². The average Bonchev–Trinajstić information content (AvgIpc) is 3.39. The molecule has 1 fully saturated rings. The summed E-state index contributed by atoms with van der Waals surface area (Å²) in [6.07, 6.45) is 1.89. The SMILES string of the molecule is CN(C)c1cccc(C(=O)N2CCCC2c2nnc(SCc3ccccc3)n2C)c1. The van der Waals surface area contributed by atoms with Crippen LogP contribution >= 0.6 is 11.8 Å². The van der Waals surface area contributed by atoms with Gasteiger partial charge in [-0.25, -0.2) is 0 Å². The van der Waals surface area contributed by atoms with Crippen molar-refractivity contribution in [2.45, 2.75) is 29.8 Å². The zero-order valence-electron chi connectivity index (χ0n) is 17.7. The first-order chi connectivity index (χ1) is 14.5. The lowest BCUT2D eigenvalue weighted by atomic mass is 10.1. The smallest absolute Gasteiger partial charge is 0.254 e. The van der Waals surface area contributed by atoms with Crippen LogP contribution in [0.25, 0.3) is 0 Å². The molecule has 1 aromatic heterocycles. The number of rotatable bonds is 6. The summed E-state index contributed by atoms with van der Waals surface area (Å²) in [7, 11) is 5.96. The molecule has 4 rings (SSSR count). The number of thioether (sulfide) groups is 1. The van der Waals surface area contributed by atoms with E-state index < -0.39 is 0 Å². The molecule has 1 atom stereocenters. The van der Waals surface area contributed by atoms with Crippen LogP contribution < -0.4 is 4.90 Å². The summed E-state index contributed by atoms with van der Waals surface area (Å²) in [5.74, 6) is 1.76. The molecular weight excluding hydrogens is 394 g/mol. The molecule has 30 heavy (non-hydrogen) atoms. The molecule has 2 aromatic carbocycles. The summed E-state index contributed by atoms with van der Waals surface area (Å²) in [6.45, 7) is 0.745. The Morgan fingerprint density at radius 2 is 1.93 bits per heavy atom. The van der Waals surface area contributed by atoms with E-state index in [0.29, 0.717) is 5.56 Å². The maximum atomic E-state index is 13.3. The predicted octanol–water partition coefficient (Wildman–Crippen LogP) is 4.15. The van der Waals surface area contributed by atoms with Crippen LogP contribution in [0.5, 0.6) is 0 Å². The first-order valence-corrected chi connectivity index (χ1v) is 11.2. The van der Waals surface area contributed by atoms with Crippen LogP contribution in [0.3, 0.4) is 0 Å². The van der Waals surface area contributed by atoms with E-state index >= 15 is 0 Å². The summed E-state index contributed by atoms with van der Waals surface area (Å²) in [4.78, 5) is 17.2. The number of carbonyl (C=O) groups excluding carboxylic acids is 1. The summed E-state index contributed by atoms with van der Waals surface area (Å²) in [6, 6.07) is 18.1. The molecule has 1 amide bonds. The number of hydrogen-bond acceptors (Lipinski definition) is 5. The fourth-order valence-corrected chi connectivity index (χ4v) is 4.70. The summed E-state index contributed by atoms with van der Waals surface area (Å²) in [5, 5.41) is 9.76. The molecule has 1 aliphatic rings. The number of benzene rings is 2. The fourth-order valence-electron chi connectivity index (χ4n) is 3.83. The second-order valence-corrected chi connectivity index (χ2v) is 8.72. The van der Waals surface area contributed by atoms with Gasteiger partial charge in [-0.15, -0.1) is 10.2 Å². The highest BCUT2D eigenvalue weighted by Gasteiger charge is 2.34. The van der Waals surface area contributed by atoms with Crippen molar-refractivity contribution >= 4 is 23.4 Å². The summed E-state index contributed by atoms with van der Waals surface area (Å²) in [5.41, 5.74) is 2.99. The van der Waals surface area contributed by atoms with E-state index in [2.05, 4.69) is 22.3 Å². The summed E-state index contributed by atoms with van der Waals surface area (Å²) >= 11 is 1.67. The highest BCUT2D eigenvalue weighted by Crippen LogP contribution is 2.34. The zero-order chi connectivity index (χ0) is 21.1. The van der Waals surface area contributed by atoms with Crippen LogP contribution in [-0.2, 0) is 12.8 Å². The topological polar surface area (TPSA) is 54.3 Å². The first-order valence-electron chi connectivity index (χ1n) is 10.2. The number of carbonyl (C=O) groups is 1. The number of nitrogens with zero attached hydrogens (tertiary/aromatic N) is 5. The Morgan fingerprint density at radius 3 is 2.70 bits per heavy atom. The van der Waals surface area contributed by atoms with Crippen molar-refractivity contribution in [3.05, 3.63) is 71.5 Å². The lowest BCUT2D eigenvalue weighted by molar-refractivity contribution is 0.0727. The van der Waals surface area contributed by atoms with Gasteiger partial charge in [0.15, 0.2) is 11.0 Å². The van der Waals surface area contributed by atoms with Gasteiger partial charge in [0.1, 0.15) is 0 Å². The lowest BCUT2D eigenvalue weighted by Gasteiger charge is -2.24. The van der Waals surface area contributed by atoms with E-state index in [1.54, 1.807) is 11.8 Å². The number of anilines is 1. The van der Waals surface area contributed by atoms with E-state index in [9.17, 15) is 4.79 Å². The standard InChI is InChI=1S/C23H27N5OS/c1-26(2)19-12-7-11-18(15-19)22(29)28-14-8-13-20(28)21-24-25-23(27(21)3)30-16-17-9-5-4-6-10-17/h4-7,9-12,15,20H,8,13-14,16H2,1-3H3. The summed E-state index contributed by atoms with van der Waals surface area (Å²) < 4.78 is 2.04. The largest absolute Gasteiger partial charge is 0.378 e. The van der Waals surface area contributed by atoms with E-state index in [0.717, 1.165) is 41.8 Å². The van der Waals surface area contributed by atoms with E-state index in [-0.39, 0.29) is 11.9 Å². The minimum absolute atomic E-state index is 0.0379. The molecular formula is C23H27N5OS. The molecule has 0 bridgehead atoms. The van der Waals surface area contributed by atoms with Crippen LogP contribution in [0.15, 0.2) is 59.8 Å². The van der Waals surface area contributed by atoms with Crippen LogP contribution in [0.1, 0.15) is 40.6 Å². The third kappa shape index (κ3) is 4.21. The molecule has 0 aliphatic carbocycles. The third-order valence-corrected chi connectivity index (χ3v) is 6.59. The van der Waals surface area contributed by atoms with Crippen LogP contribution in [0, 0.1) is 0 Å². The van der Waals surface area contributed by atoms with Gasteiger partial charge in [-0.1, -0.05) is 48.2 Å². The number of hydrogen-bond donors (Lipinski definition) is 0. The maximum Gasteiger partial charge on any atom is 0.254 e. The van der Waals surface area contributed by atoms with Gasteiger partial charge in [-0.05, 0) is 36.6 Å². The van der Waals surface area contributed by atoms with Crippen molar-refractivity contribution in [1.29, 1.82) is 0 Å². The Kier molecular flexibility index (Phi) is 6.08. The molecule has 0 spiro atoms. The number of amides is 1. The lowest BCUT2D eigenvalue weighted by Crippen LogP contribution is -2.32. The molecule has 0 N–H and O–H groups in total. The van der Waals surface area contributed by atoms with Crippen molar-refractivity contribution in [2.75, 3.05) is 25.5 Å². The maximum absolute atomic E-state index is 13.3. The van der Waals surface area contributed by atoms with Crippen molar-refractivity contribution < 1.29 is 4.79 Å². The minimum Gasteiger partial charge on any atom is -0.378 e.